The van der Waals surface area contributed by atoms with E-state index in [1.807, 2.05) is 36.4 Å². The van der Waals surface area contributed by atoms with Crippen LogP contribution in [0.1, 0.15) is 0 Å². The number of nitrogens with zero attached hydrogens (tertiary/aromatic N) is 3. The number of hydrogen-bond acceptors (Lipinski definition) is 5. The molecule has 0 amide bonds. The van der Waals surface area contributed by atoms with Crippen LogP contribution in [0, 0.1) is 0 Å². The van der Waals surface area contributed by atoms with Crippen LogP contribution in [0.4, 0.5) is 0 Å². The maximum absolute atomic E-state index is 6.56. The fourth-order valence-electron chi connectivity index (χ4n) is 6.99. The van der Waals surface area contributed by atoms with Gasteiger partial charge in [-0.3, -0.25) is 0 Å². The van der Waals surface area contributed by atoms with Gasteiger partial charge in [0.15, 0.2) is 17.5 Å². The van der Waals surface area contributed by atoms with Crippen molar-refractivity contribution in [2.45, 2.75) is 0 Å². The van der Waals surface area contributed by atoms with Crippen molar-refractivity contribution in [1.29, 1.82) is 0 Å². The Labute approximate surface area is 279 Å². The molecule has 0 unspecified atom stereocenters. The molecule has 7 aromatic carbocycles. The molecule has 0 aliphatic rings. The van der Waals surface area contributed by atoms with E-state index < -0.39 is 0 Å². The van der Waals surface area contributed by atoms with Crippen LogP contribution < -0.4 is 0 Å². The number of aromatic nitrogens is 3. The van der Waals surface area contributed by atoms with Crippen molar-refractivity contribution in [2.24, 2.45) is 0 Å². The third-order valence-corrected chi connectivity index (χ3v) is 10.3. The zero-order chi connectivity index (χ0) is 31.6. The fourth-order valence-corrected chi connectivity index (χ4v) is 8.12. The molecule has 224 valence electrons. The Morgan fingerprint density at radius 2 is 1.00 bits per heavy atom. The summed E-state index contributed by atoms with van der Waals surface area (Å²) in [6.07, 6.45) is 0. The van der Waals surface area contributed by atoms with Gasteiger partial charge in [0, 0.05) is 58.4 Å². The lowest BCUT2D eigenvalue weighted by atomic mass is 9.92. The van der Waals surface area contributed by atoms with E-state index in [4.69, 9.17) is 19.4 Å². The lowest BCUT2D eigenvalue weighted by molar-refractivity contribution is 0.672. The Balaban J connectivity index is 1.35. The topological polar surface area (TPSA) is 51.8 Å². The second kappa shape index (κ2) is 10.7. The first-order valence-electron chi connectivity index (χ1n) is 15.9. The quantitative estimate of drug-likeness (QED) is 0.194. The fraction of sp³-hybridized carbons (Fsp3) is 0. The predicted octanol–water partition coefficient (Wildman–Crippen LogP) is 12.0. The first-order chi connectivity index (χ1) is 23.8. The molecule has 0 N–H and O–H groups in total. The molecule has 0 bridgehead atoms. The first-order valence-corrected chi connectivity index (χ1v) is 16.8. The Morgan fingerprint density at radius 1 is 0.396 bits per heavy atom. The van der Waals surface area contributed by atoms with Gasteiger partial charge in [-0.1, -0.05) is 127 Å². The van der Waals surface area contributed by atoms with E-state index in [9.17, 15) is 0 Å². The molecule has 0 saturated heterocycles. The molecule has 0 spiro atoms. The highest BCUT2D eigenvalue weighted by atomic mass is 32.1. The summed E-state index contributed by atoms with van der Waals surface area (Å²) < 4.78 is 9.01. The maximum atomic E-state index is 6.56. The van der Waals surface area contributed by atoms with E-state index in [-0.39, 0.29) is 0 Å². The third-order valence-electron chi connectivity index (χ3n) is 9.14. The standard InChI is InChI=1S/C43H25N3OS/c1-3-13-26(14-4-1)28-19-11-20-31-38(28)34(25-33-29-17-7-9-22-35(29)47-40(31)33)43-45-41(27-15-5-2-6-16-27)44-42(46-43)32-21-12-24-37-39(32)30-18-8-10-23-36(30)48-37/h1-25H. The largest absolute Gasteiger partial charge is 0.455 e. The van der Waals surface area contributed by atoms with Crippen LogP contribution in [0.15, 0.2) is 156 Å². The predicted molar refractivity (Wildman–Crippen MR) is 199 cm³/mol. The minimum Gasteiger partial charge on any atom is -0.455 e. The number of rotatable bonds is 4. The monoisotopic (exact) mass is 631 g/mol. The van der Waals surface area contributed by atoms with Crippen LogP contribution in [0.5, 0.6) is 0 Å². The van der Waals surface area contributed by atoms with Crippen LogP contribution in [0.3, 0.4) is 0 Å². The summed E-state index contributed by atoms with van der Waals surface area (Å²) in [5.74, 6) is 1.90. The van der Waals surface area contributed by atoms with Gasteiger partial charge in [0.05, 0.1) is 0 Å². The number of para-hydroxylation sites is 1. The van der Waals surface area contributed by atoms with Gasteiger partial charge in [-0.25, -0.2) is 15.0 Å². The van der Waals surface area contributed by atoms with Crippen LogP contribution in [-0.2, 0) is 0 Å². The van der Waals surface area contributed by atoms with Gasteiger partial charge >= 0.3 is 0 Å². The molecule has 0 atom stereocenters. The molecule has 3 aromatic heterocycles. The molecule has 0 fully saturated rings. The number of benzene rings is 7. The van der Waals surface area contributed by atoms with Crippen molar-refractivity contribution in [1.82, 2.24) is 15.0 Å². The van der Waals surface area contributed by atoms with Gasteiger partial charge < -0.3 is 4.42 Å². The lowest BCUT2D eigenvalue weighted by Gasteiger charge is -2.14. The number of thiophene rings is 1. The molecule has 0 aliphatic carbocycles. The molecular weight excluding hydrogens is 607 g/mol. The highest BCUT2D eigenvalue weighted by Crippen LogP contribution is 2.44. The summed E-state index contributed by atoms with van der Waals surface area (Å²) in [5.41, 5.74) is 6.80. The summed E-state index contributed by atoms with van der Waals surface area (Å²) in [6.45, 7) is 0. The summed E-state index contributed by atoms with van der Waals surface area (Å²) >= 11 is 1.79. The van der Waals surface area contributed by atoms with Crippen molar-refractivity contribution < 1.29 is 4.42 Å². The van der Waals surface area contributed by atoms with Crippen molar-refractivity contribution in [2.75, 3.05) is 0 Å². The van der Waals surface area contributed by atoms with E-state index in [1.54, 1.807) is 11.3 Å². The first kappa shape index (κ1) is 27.0. The molecule has 5 heteroatoms. The van der Waals surface area contributed by atoms with Crippen LogP contribution in [0.25, 0.3) is 98.2 Å². The Morgan fingerprint density at radius 3 is 1.83 bits per heavy atom. The van der Waals surface area contributed by atoms with E-state index >= 15 is 0 Å². The minimum absolute atomic E-state index is 0.621. The van der Waals surface area contributed by atoms with Crippen molar-refractivity contribution in [3.63, 3.8) is 0 Å². The lowest BCUT2D eigenvalue weighted by Crippen LogP contribution is -2.01. The second-order valence-electron chi connectivity index (χ2n) is 11.9. The molecule has 10 rings (SSSR count). The van der Waals surface area contributed by atoms with Crippen molar-refractivity contribution in [3.05, 3.63) is 152 Å². The number of hydrogen-bond donors (Lipinski definition) is 0. The van der Waals surface area contributed by atoms with Gasteiger partial charge in [0.1, 0.15) is 11.2 Å². The molecule has 10 aromatic rings. The molecule has 48 heavy (non-hydrogen) atoms. The average molecular weight is 632 g/mol. The summed E-state index contributed by atoms with van der Waals surface area (Å²) in [5, 5.41) is 6.54. The second-order valence-corrected chi connectivity index (χ2v) is 13.0. The van der Waals surface area contributed by atoms with E-state index in [0.717, 1.165) is 60.5 Å². The molecule has 3 heterocycles. The van der Waals surface area contributed by atoms with Gasteiger partial charge in [-0.15, -0.1) is 11.3 Å². The van der Waals surface area contributed by atoms with Crippen LogP contribution >= 0.6 is 11.3 Å². The average Bonchev–Trinajstić information content (AvgIpc) is 3.73. The molecular formula is C43H25N3OS. The summed E-state index contributed by atoms with van der Waals surface area (Å²) in [6, 6.07) is 52.5. The van der Waals surface area contributed by atoms with Gasteiger partial charge in [0.25, 0.3) is 0 Å². The minimum atomic E-state index is 0.621. The summed E-state index contributed by atoms with van der Waals surface area (Å²) in [7, 11) is 0. The maximum Gasteiger partial charge on any atom is 0.164 e. The highest BCUT2D eigenvalue weighted by molar-refractivity contribution is 7.25. The van der Waals surface area contributed by atoms with Gasteiger partial charge in [0.2, 0.25) is 0 Å². The SMILES string of the molecule is c1ccc(-c2nc(-c3cc4c5ccccc5oc4c4cccc(-c5ccccc5)c34)nc(-c3cccc4sc5ccccc5c34)n2)cc1. The van der Waals surface area contributed by atoms with Crippen molar-refractivity contribution >= 4 is 64.2 Å². The Kier molecular flexibility index (Phi) is 6.01. The zero-order valence-corrected chi connectivity index (χ0v) is 26.4. The van der Waals surface area contributed by atoms with Crippen molar-refractivity contribution in [3.8, 4) is 45.3 Å². The number of furan rings is 1. The van der Waals surface area contributed by atoms with Gasteiger partial charge in [-0.2, -0.15) is 0 Å². The third kappa shape index (κ3) is 4.18. The molecule has 0 aliphatic heterocycles. The normalized spacial score (nSPS) is 11.8. The number of fused-ring (bicyclic) bond motifs is 8. The zero-order valence-electron chi connectivity index (χ0n) is 25.6. The molecule has 4 nitrogen and oxygen atoms in total. The Hall–Kier alpha value is -6.17. The highest BCUT2D eigenvalue weighted by Gasteiger charge is 2.22. The van der Waals surface area contributed by atoms with Crippen LogP contribution in [0.2, 0.25) is 0 Å². The van der Waals surface area contributed by atoms with Crippen LogP contribution in [-0.4, -0.2) is 15.0 Å². The Bertz CT molecular complexity index is 2840. The molecule has 0 saturated carbocycles. The van der Waals surface area contributed by atoms with Gasteiger partial charge in [-0.05, 0) is 35.4 Å². The van der Waals surface area contributed by atoms with E-state index in [0.29, 0.717) is 17.5 Å². The molecule has 0 radical (unpaired) electrons. The van der Waals surface area contributed by atoms with E-state index in [2.05, 4.69) is 115 Å². The van der Waals surface area contributed by atoms with E-state index in [1.165, 1.54) is 20.2 Å². The smallest absolute Gasteiger partial charge is 0.164 e. The summed E-state index contributed by atoms with van der Waals surface area (Å²) in [4.78, 5) is 15.7.